The fourth-order valence-corrected chi connectivity index (χ4v) is 3.55. The lowest BCUT2D eigenvalue weighted by molar-refractivity contribution is -0.115. The van der Waals surface area contributed by atoms with E-state index in [1.165, 1.54) is 24.3 Å². The molecule has 0 spiro atoms. The van der Waals surface area contributed by atoms with E-state index in [4.69, 9.17) is 4.74 Å². The molecule has 5 nitrogen and oxygen atoms in total. The maximum Gasteiger partial charge on any atom is 0.338 e. The summed E-state index contributed by atoms with van der Waals surface area (Å²) in [5.41, 5.74) is 1.39. The highest BCUT2D eigenvalue weighted by molar-refractivity contribution is 7.99. The van der Waals surface area contributed by atoms with Gasteiger partial charge < -0.3 is 10.1 Å². The van der Waals surface area contributed by atoms with Crippen LogP contribution in [0.3, 0.4) is 0 Å². The number of halogens is 1. The minimum absolute atomic E-state index is 0.0777. The monoisotopic (exact) mass is 387 g/mol. The number of carbonyl (C=O) groups is 3. The number of esters is 1. The van der Waals surface area contributed by atoms with Crippen LogP contribution in [0.25, 0.3) is 0 Å². The molecular formula is C20H18FNO4S. The van der Waals surface area contributed by atoms with Gasteiger partial charge in [-0.3, -0.25) is 9.59 Å². The zero-order chi connectivity index (χ0) is 19.2. The number of hydrogen-bond acceptors (Lipinski definition) is 5. The third-order valence-electron chi connectivity index (χ3n) is 4.02. The van der Waals surface area contributed by atoms with Crippen molar-refractivity contribution in [2.24, 2.45) is 0 Å². The summed E-state index contributed by atoms with van der Waals surface area (Å²) < 4.78 is 18.1. The summed E-state index contributed by atoms with van der Waals surface area (Å²) in [6.45, 7) is 0.101. The molecule has 27 heavy (non-hydrogen) atoms. The summed E-state index contributed by atoms with van der Waals surface area (Å²) in [5, 5.41) is 2.78. The molecule has 0 unspecified atom stereocenters. The quantitative estimate of drug-likeness (QED) is 0.459. The van der Waals surface area contributed by atoms with Gasteiger partial charge in [0.05, 0.1) is 17.9 Å². The fourth-order valence-electron chi connectivity index (χ4n) is 2.61. The first-order valence-corrected chi connectivity index (χ1v) is 9.54. The highest BCUT2D eigenvalue weighted by Crippen LogP contribution is 2.31. The van der Waals surface area contributed by atoms with Gasteiger partial charge >= 0.3 is 5.97 Å². The second-order valence-corrected chi connectivity index (χ2v) is 7.16. The number of carbonyl (C=O) groups excluding carboxylic acids is 3. The number of thioether (sulfide) groups is 1. The van der Waals surface area contributed by atoms with Crippen LogP contribution in [0, 0.1) is 5.82 Å². The first kappa shape index (κ1) is 19.1. The number of benzene rings is 2. The molecule has 1 aliphatic rings. The van der Waals surface area contributed by atoms with Gasteiger partial charge in [-0.2, -0.15) is 0 Å². The van der Waals surface area contributed by atoms with Crippen molar-refractivity contribution in [3.05, 3.63) is 59.4 Å². The highest BCUT2D eigenvalue weighted by atomic mass is 32.2. The first-order valence-electron chi connectivity index (χ1n) is 8.55. The highest BCUT2D eigenvalue weighted by Gasteiger charge is 2.16. The average Bonchev–Trinajstić information content (AvgIpc) is 2.85. The molecule has 0 atom stereocenters. The number of fused-ring (bicyclic) bond motifs is 1. The van der Waals surface area contributed by atoms with E-state index in [0.717, 1.165) is 4.90 Å². The average molecular weight is 387 g/mol. The lowest BCUT2D eigenvalue weighted by Crippen LogP contribution is -2.12. The topological polar surface area (TPSA) is 72.5 Å². The van der Waals surface area contributed by atoms with Crippen LogP contribution in [-0.2, 0) is 9.53 Å². The molecule has 140 valence electrons. The van der Waals surface area contributed by atoms with Gasteiger partial charge in [-0.15, -0.1) is 11.8 Å². The zero-order valence-electron chi connectivity index (χ0n) is 14.5. The van der Waals surface area contributed by atoms with Crippen LogP contribution in [0.5, 0.6) is 0 Å². The molecule has 2 aromatic rings. The Morgan fingerprint density at radius 2 is 1.85 bits per heavy atom. The third kappa shape index (κ3) is 5.17. The van der Waals surface area contributed by atoms with Crippen LogP contribution in [0.15, 0.2) is 47.4 Å². The summed E-state index contributed by atoms with van der Waals surface area (Å²) in [6.07, 6.45) is 1.01. The Labute approximate surface area is 160 Å². The Kier molecular flexibility index (Phi) is 6.24. The lowest BCUT2D eigenvalue weighted by Gasteiger charge is -2.09. The standard InChI is InChI=1S/C20H18FNO4S/c21-15-6-3-13(4-7-15)17(23)2-1-10-26-20(25)14-5-8-18-16(12-14)22-19(24)9-11-27-18/h3-8,12H,1-2,9-11H2,(H,22,24). The number of amides is 1. The number of Topliss-reactive ketones (excluding diaryl/α,β-unsaturated/α-hetero) is 1. The minimum atomic E-state index is -0.504. The van der Waals surface area contributed by atoms with Crippen molar-refractivity contribution in [3.63, 3.8) is 0 Å². The van der Waals surface area contributed by atoms with E-state index in [2.05, 4.69) is 5.32 Å². The molecular weight excluding hydrogens is 369 g/mol. The number of rotatable bonds is 6. The first-order chi connectivity index (χ1) is 13.0. The summed E-state index contributed by atoms with van der Waals surface area (Å²) >= 11 is 1.56. The maximum absolute atomic E-state index is 12.9. The van der Waals surface area contributed by atoms with Crippen LogP contribution in [0.4, 0.5) is 10.1 Å². The Morgan fingerprint density at radius 1 is 1.11 bits per heavy atom. The molecule has 0 fully saturated rings. The minimum Gasteiger partial charge on any atom is -0.462 e. The number of ether oxygens (including phenoxy) is 1. The van der Waals surface area contributed by atoms with Crippen molar-refractivity contribution < 1.29 is 23.5 Å². The molecule has 3 rings (SSSR count). The largest absolute Gasteiger partial charge is 0.462 e. The SMILES string of the molecule is O=C1CCSc2ccc(C(=O)OCCCC(=O)c3ccc(F)cc3)cc2N1. The van der Waals surface area contributed by atoms with Gasteiger partial charge in [0.25, 0.3) is 0 Å². The number of hydrogen-bond donors (Lipinski definition) is 1. The van der Waals surface area contributed by atoms with E-state index in [1.807, 2.05) is 0 Å². The molecule has 0 saturated heterocycles. The van der Waals surface area contributed by atoms with Crippen molar-refractivity contribution in [1.29, 1.82) is 0 Å². The third-order valence-corrected chi connectivity index (χ3v) is 5.10. The number of nitrogens with one attached hydrogen (secondary N) is 1. The van der Waals surface area contributed by atoms with E-state index < -0.39 is 11.8 Å². The van der Waals surface area contributed by atoms with E-state index in [0.29, 0.717) is 35.4 Å². The van der Waals surface area contributed by atoms with Gasteiger partial charge in [-0.25, -0.2) is 9.18 Å². The van der Waals surface area contributed by atoms with Gasteiger partial charge in [0.2, 0.25) is 5.91 Å². The van der Waals surface area contributed by atoms with Crippen LogP contribution in [0.2, 0.25) is 0 Å². The van der Waals surface area contributed by atoms with Crippen LogP contribution >= 0.6 is 11.8 Å². The molecule has 0 aromatic heterocycles. The molecule has 7 heteroatoms. The van der Waals surface area contributed by atoms with Gasteiger partial charge in [-0.05, 0) is 48.9 Å². The van der Waals surface area contributed by atoms with Crippen molar-refractivity contribution >= 4 is 35.1 Å². The molecule has 0 bridgehead atoms. The number of anilines is 1. The van der Waals surface area contributed by atoms with Crippen LogP contribution in [-0.4, -0.2) is 30.0 Å². The van der Waals surface area contributed by atoms with E-state index in [1.54, 1.807) is 30.0 Å². The fraction of sp³-hybridized carbons (Fsp3) is 0.250. The van der Waals surface area contributed by atoms with E-state index in [-0.39, 0.29) is 24.7 Å². The molecule has 0 aliphatic carbocycles. The van der Waals surface area contributed by atoms with Crippen LogP contribution < -0.4 is 5.32 Å². The van der Waals surface area contributed by atoms with Gasteiger partial charge in [0.1, 0.15) is 5.82 Å². The zero-order valence-corrected chi connectivity index (χ0v) is 15.3. The molecule has 0 radical (unpaired) electrons. The maximum atomic E-state index is 12.9. The molecule has 1 heterocycles. The smallest absolute Gasteiger partial charge is 0.338 e. The normalized spacial score (nSPS) is 13.3. The lowest BCUT2D eigenvalue weighted by atomic mass is 10.1. The van der Waals surface area contributed by atoms with E-state index >= 15 is 0 Å². The van der Waals surface area contributed by atoms with Crippen molar-refractivity contribution in [1.82, 2.24) is 0 Å². The summed E-state index contributed by atoms with van der Waals surface area (Å²) in [6, 6.07) is 10.4. The predicted molar refractivity (Wildman–Crippen MR) is 101 cm³/mol. The predicted octanol–water partition coefficient (Wildman–Crippen LogP) is 4.08. The molecule has 1 aliphatic heterocycles. The molecule has 0 saturated carbocycles. The van der Waals surface area contributed by atoms with Crippen LogP contribution in [0.1, 0.15) is 40.0 Å². The van der Waals surface area contributed by atoms with Crippen molar-refractivity contribution in [2.45, 2.75) is 24.2 Å². The second kappa shape index (κ2) is 8.81. The summed E-state index contributed by atoms with van der Waals surface area (Å²) in [4.78, 5) is 36.7. The van der Waals surface area contributed by atoms with Crippen molar-refractivity contribution in [3.8, 4) is 0 Å². The Morgan fingerprint density at radius 3 is 2.63 bits per heavy atom. The van der Waals surface area contributed by atoms with E-state index in [9.17, 15) is 18.8 Å². The Balaban J connectivity index is 1.50. The summed E-state index contributed by atoms with van der Waals surface area (Å²) in [7, 11) is 0. The Hall–Kier alpha value is -2.67. The van der Waals surface area contributed by atoms with Gasteiger partial charge in [0, 0.05) is 29.1 Å². The molecule has 1 N–H and O–H groups in total. The molecule has 2 aromatic carbocycles. The second-order valence-electron chi connectivity index (χ2n) is 6.03. The van der Waals surface area contributed by atoms with Gasteiger partial charge in [-0.1, -0.05) is 0 Å². The Bertz CT molecular complexity index is 867. The number of ketones is 1. The summed E-state index contributed by atoms with van der Waals surface area (Å²) in [5.74, 6) is -0.404. The molecule has 1 amide bonds. The van der Waals surface area contributed by atoms with Crippen molar-refractivity contribution in [2.75, 3.05) is 17.7 Å². The van der Waals surface area contributed by atoms with Gasteiger partial charge in [0.15, 0.2) is 5.78 Å².